The molecule has 4 nitrogen and oxygen atoms in total. The van der Waals surface area contributed by atoms with E-state index in [-0.39, 0.29) is 11.8 Å². The number of hydrogen-bond acceptors (Lipinski definition) is 6. The molecule has 0 amide bonds. The van der Waals surface area contributed by atoms with Gasteiger partial charge >= 0.3 is 0 Å². The Morgan fingerprint density at radius 2 is 1.81 bits per heavy atom. The van der Waals surface area contributed by atoms with E-state index in [1.807, 2.05) is 13.8 Å². The second-order valence-corrected chi connectivity index (χ2v) is 11.4. The molecule has 1 aromatic rings. The van der Waals surface area contributed by atoms with E-state index in [4.69, 9.17) is 32.5 Å². The number of carbonyl (C=O) groups excluding carboxylic acids is 1. The zero-order valence-corrected chi connectivity index (χ0v) is 15.6. The first-order chi connectivity index (χ1) is 9.81. The predicted molar refractivity (Wildman–Crippen MR) is 93.7 cm³/mol. The second-order valence-electron chi connectivity index (χ2n) is 4.49. The lowest BCUT2D eigenvalue weighted by atomic mass is 10.1. The molecule has 0 spiro atoms. The first-order valence-electron chi connectivity index (χ1n) is 6.27. The lowest BCUT2D eigenvalue weighted by Gasteiger charge is -2.25. The van der Waals surface area contributed by atoms with Gasteiger partial charge in [-0.05, 0) is 61.3 Å². The van der Waals surface area contributed by atoms with Gasteiger partial charge in [0, 0.05) is 30.8 Å². The van der Waals surface area contributed by atoms with E-state index in [0.717, 1.165) is 0 Å². The number of ketones is 1. The number of rotatable bonds is 8. The van der Waals surface area contributed by atoms with E-state index < -0.39 is 11.1 Å². The molecule has 0 heterocycles. The molecular formula is C13H19ClNO3PS2. The molecule has 0 aliphatic rings. The lowest BCUT2D eigenvalue weighted by Crippen LogP contribution is -2.38. The molecule has 1 aromatic carbocycles. The predicted octanol–water partition coefficient (Wildman–Crippen LogP) is 4.10. The maximum Gasteiger partial charge on any atom is 0.248 e. The molecule has 0 aliphatic heterocycles. The Labute approximate surface area is 139 Å². The topological polar surface area (TPSA) is 47.6 Å². The van der Waals surface area contributed by atoms with Gasteiger partial charge in [0.2, 0.25) is 5.69 Å². The van der Waals surface area contributed by atoms with Crippen molar-refractivity contribution in [1.29, 1.82) is 0 Å². The largest absolute Gasteiger partial charge is 0.325 e. The number of Topliss-reactive ketones (excluding diaryl/α,β-unsaturated/α-hetero) is 1. The standard InChI is InChI=1S/C13H19ClNO3PS2/c1-9(2)15-13(21-19(20,17-3)18-4)12(16)10-5-7-11(14)8-6-10/h5-9,13,15H,1-4H3. The fraction of sp³-hybridized carbons (Fsp3) is 0.462. The van der Waals surface area contributed by atoms with E-state index in [2.05, 4.69) is 5.32 Å². The van der Waals surface area contributed by atoms with Gasteiger partial charge in [-0.3, -0.25) is 10.1 Å². The van der Waals surface area contributed by atoms with E-state index in [1.54, 1.807) is 24.3 Å². The third-order valence-electron chi connectivity index (χ3n) is 2.53. The minimum Gasteiger partial charge on any atom is -0.325 e. The monoisotopic (exact) mass is 367 g/mol. The number of halogens is 1. The molecule has 8 heteroatoms. The summed E-state index contributed by atoms with van der Waals surface area (Å²) in [5.74, 6) is -0.0753. The van der Waals surface area contributed by atoms with E-state index >= 15 is 0 Å². The first kappa shape index (κ1) is 19.1. The maximum atomic E-state index is 12.6. The highest BCUT2D eigenvalue weighted by molar-refractivity contribution is 8.68. The van der Waals surface area contributed by atoms with Gasteiger partial charge in [0.05, 0.1) is 0 Å². The third kappa shape index (κ3) is 5.99. The number of nitrogens with one attached hydrogen (secondary N) is 1. The van der Waals surface area contributed by atoms with Crippen LogP contribution >= 0.6 is 28.7 Å². The second kappa shape index (κ2) is 8.63. The van der Waals surface area contributed by atoms with Gasteiger partial charge < -0.3 is 9.05 Å². The van der Waals surface area contributed by atoms with Crippen molar-refractivity contribution in [1.82, 2.24) is 5.32 Å². The zero-order chi connectivity index (χ0) is 16.0. The van der Waals surface area contributed by atoms with Crippen LogP contribution in [0.1, 0.15) is 24.2 Å². The molecule has 1 atom stereocenters. The van der Waals surface area contributed by atoms with Gasteiger partial charge in [-0.15, -0.1) is 0 Å². The Bertz CT molecular complexity index is 517. The summed E-state index contributed by atoms with van der Waals surface area (Å²) < 4.78 is 10.5. The van der Waals surface area contributed by atoms with Gasteiger partial charge in [0.15, 0.2) is 5.78 Å². The Morgan fingerprint density at radius 1 is 1.29 bits per heavy atom. The van der Waals surface area contributed by atoms with E-state index in [0.29, 0.717) is 10.6 Å². The molecule has 0 fully saturated rings. The molecule has 0 radical (unpaired) electrons. The molecule has 0 aliphatic carbocycles. The van der Waals surface area contributed by atoms with Gasteiger partial charge in [-0.2, -0.15) is 0 Å². The Balaban J connectivity index is 2.99. The molecule has 0 bridgehead atoms. The summed E-state index contributed by atoms with van der Waals surface area (Å²) in [5, 5.41) is 3.26. The first-order valence-corrected chi connectivity index (χ1v) is 10.8. The summed E-state index contributed by atoms with van der Waals surface area (Å²) >= 11 is 12.4. The zero-order valence-electron chi connectivity index (χ0n) is 12.3. The van der Waals surface area contributed by atoms with Gasteiger partial charge in [-0.1, -0.05) is 11.6 Å². The van der Waals surface area contributed by atoms with Crippen LogP contribution in [-0.4, -0.2) is 31.4 Å². The fourth-order valence-electron chi connectivity index (χ4n) is 1.51. The summed E-state index contributed by atoms with van der Waals surface area (Å²) in [4.78, 5) is 12.6. The molecule has 0 saturated carbocycles. The molecule has 1 N–H and O–H groups in total. The van der Waals surface area contributed by atoms with Gasteiger partial charge in [0.1, 0.15) is 5.37 Å². The lowest BCUT2D eigenvalue weighted by molar-refractivity contribution is 0.0975. The van der Waals surface area contributed by atoms with Crippen molar-refractivity contribution in [3.63, 3.8) is 0 Å². The average molecular weight is 368 g/mol. The highest BCUT2D eigenvalue weighted by Crippen LogP contribution is 2.61. The van der Waals surface area contributed by atoms with Crippen molar-refractivity contribution in [2.75, 3.05) is 14.2 Å². The summed E-state index contributed by atoms with van der Waals surface area (Å²) in [5.41, 5.74) is -1.97. The van der Waals surface area contributed by atoms with Gasteiger partial charge in [-0.25, -0.2) is 0 Å². The van der Waals surface area contributed by atoms with Crippen molar-refractivity contribution in [3.8, 4) is 0 Å². The molecule has 118 valence electrons. The molecule has 1 unspecified atom stereocenters. The molecule has 0 aromatic heterocycles. The van der Waals surface area contributed by atoms with E-state index in [1.165, 1.54) is 25.6 Å². The highest BCUT2D eigenvalue weighted by atomic mass is 35.5. The van der Waals surface area contributed by atoms with Crippen molar-refractivity contribution < 1.29 is 13.8 Å². The molecule has 1 rings (SSSR count). The van der Waals surface area contributed by atoms with Crippen molar-refractivity contribution in [2.24, 2.45) is 0 Å². The van der Waals surface area contributed by atoms with E-state index in [9.17, 15) is 4.79 Å². The number of hydrogen-bond donors (Lipinski definition) is 1. The Hall–Kier alpha value is 0.0600. The molecule has 0 saturated heterocycles. The van der Waals surface area contributed by atoms with Crippen LogP contribution in [0.25, 0.3) is 0 Å². The molecule has 21 heavy (non-hydrogen) atoms. The summed E-state index contributed by atoms with van der Waals surface area (Å²) in [6.07, 6.45) is 0. The van der Waals surface area contributed by atoms with Crippen LogP contribution in [-0.2, 0) is 20.9 Å². The summed E-state index contributed by atoms with van der Waals surface area (Å²) in [7, 11) is 2.99. The van der Waals surface area contributed by atoms with Crippen molar-refractivity contribution in [3.05, 3.63) is 34.9 Å². The van der Waals surface area contributed by atoms with Crippen LogP contribution in [0.2, 0.25) is 5.02 Å². The smallest absolute Gasteiger partial charge is 0.248 e. The van der Waals surface area contributed by atoms with Crippen molar-refractivity contribution >= 4 is 46.3 Å². The normalized spacial score (nSPS) is 13.4. The van der Waals surface area contributed by atoms with Crippen LogP contribution in [0.15, 0.2) is 24.3 Å². The van der Waals surface area contributed by atoms with Crippen LogP contribution < -0.4 is 5.32 Å². The van der Waals surface area contributed by atoms with Crippen LogP contribution in [0.3, 0.4) is 0 Å². The quantitative estimate of drug-likeness (QED) is 0.424. The van der Waals surface area contributed by atoms with Crippen LogP contribution in [0, 0.1) is 0 Å². The van der Waals surface area contributed by atoms with Gasteiger partial charge in [0.25, 0.3) is 0 Å². The minimum absolute atomic E-state index is 0.0753. The highest BCUT2D eigenvalue weighted by Gasteiger charge is 2.29. The third-order valence-corrected chi connectivity index (χ3v) is 8.47. The van der Waals surface area contributed by atoms with Crippen molar-refractivity contribution in [2.45, 2.75) is 25.3 Å². The average Bonchev–Trinajstić information content (AvgIpc) is 2.46. The number of benzene rings is 1. The SMILES string of the molecule is COP(=S)(OC)SC(NC(C)C)C(=O)c1ccc(Cl)cc1. The Morgan fingerprint density at radius 3 is 2.24 bits per heavy atom. The Kier molecular flexibility index (Phi) is 7.85. The van der Waals surface area contributed by atoms with Crippen LogP contribution in [0.5, 0.6) is 0 Å². The minimum atomic E-state index is -2.54. The maximum absolute atomic E-state index is 12.6. The summed E-state index contributed by atoms with van der Waals surface area (Å²) in [6.45, 7) is 3.93. The fourth-order valence-corrected chi connectivity index (χ4v) is 5.32. The number of carbonyl (C=O) groups is 1. The summed E-state index contributed by atoms with van der Waals surface area (Å²) in [6, 6.07) is 6.89. The van der Waals surface area contributed by atoms with Crippen LogP contribution in [0.4, 0.5) is 0 Å². The molecular weight excluding hydrogens is 349 g/mol.